The maximum Gasteiger partial charge on any atom is 0.438 e. The Balaban J connectivity index is 1.82. The van der Waals surface area contributed by atoms with Crippen LogP contribution < -0.4 is 11.5 Å². The molecule has 0 amide bonds. The Bertz CT molecular complexity index is 342. The molecule has 1 aromatic heterocycles. The van der Waals surface area contributed by atoms with Crippen LogP contribution in [0.15, 0.2) is 9.32 Å². The molecule has 6 heteroatoms. The molecule has 6 nitrogen and oxygen atoms in total. The van der Waals surface area contributed by atoms with Gasteiger partial charge in [0, 0.05) is 0 Å². The first-order valence-electron chi connectivity index (χ1n) is 4.69. The molecule has 78 valence electrons. The highest BCUT2D eigenvalue weighted by atomic mass is 16.5. The third kappa shape index (κ3) is 2.02. The molecule has 1 atom stereocenters. The average Bonchev–Trinajstić information content (AvgIpc) is 2.49. The van der Waals surface area contributed by atoms with Crippen molar-refractivity contribution in [2.75, 3.05) is 6.61 Å². The van der Waals surface area contributed by atoms with Crippen LogP contribution in [0.5, 0.6) is 0 Å². The Hall–Kier alpha value is -1.14. The zero-order valence-electron chi connectivity index (χ0n) is 7.73. The van der Waals surface area contributed by atoms with Crippen LogP contribution in [0.25, 0.3) is 0 Å². The second-order valence-corrected chi connectivity index (χ2v) is 3.47. The molecule has 0 bridgehead atoms. The smallest absolute Gasteiger partial charge is 0.376 e. The van der Waals surface area contributed by atoms with E-state index in [1.807, 2.05) is 0 Å². The van der Waals surface area contributed by atoms with Gasteiger partial charge < -0.3 is 10.5 Å². The molecule has 1 aliphatic rings. The summed E-state index contributed by atoms with van der Waals surface area (Å²) in [4.78, 5) is 13.0. The Morgan fingerprint density at radius 3 is 3.00 bits per heavy atom. The fourth-order valence-electron chi connectivity index (χ4n) is 1.26. The number of hydrogen-bond donors (Lipinski definition) is 2. The predicted molar refractivity (Wildman–Crippen MR) is 47.6 cm³/mol. The minimum atomic E-state index is -0.584. The van der Waals surface area contributed by atoms with Crippen molar-refractivity contribution in [1.82, 2.24) is 10.1 Å². The number of aromatic amines is 1. The standard InChI is InChI=1S/C8H13N3O3/c9-6(4-13-5-2-1-3-5)7-10-8(12)14-11-7/h5-6H,1-4,9H2,(H,10,11,12). The van der Waals surface area contributed by atoms with E-state index in [4.69, 9.17) is 10.5 Å². The van der Waals surface area contributed by atoms with Gasteiger partial charge in [0.25, 0.3) is 0 Å². The van der Waals surface area contributed by atoms with Gasteiger partial charge in [-0.1, -0.05) is 5.16 Å². The van der Waals surface area contributed by atoms with E-state index in [2.05, 4.69) is 14.7 Å². The van der Waals surface area contributed by atoms with Crippen LogP contribution in [0.4, 0.5) is 0 Å². The van der Waals surface area contributed by atoms with Crippen molar-refractivity contribution >= 4 is 0 Å². The third-order valence-electron chi connectivity index (χ3n) is 2.37. The summed E-state index contributed by atoms with van der Waals surface area (Å²) in [5, 5.41) is 3.49. The number of ether oxygens (including phenoxy) is 1. The van der Waals surface area contributed by atoms with Crippen molar-refractivity contribution in [1.29, 1.82) is 0 Å². The van der Waals surface area contributed by atoms with Crippen molar-refractivity contribution in [3.63, 3.8) is 0 Å². The van der Waals surface area contributed by atoms with Crippen LogP contribution in [0.1, 0.15) is 31.1 Å². The lowest BCUT2D eigenvalue weighted by Crippen LogP contribution is -2.27. The Morgan fingerprint density at radius 2 is 2.50 bits per heavy atom. The molecule has 0 spiro atoms. The SMILES string of the molecule is NC(COC1CCC1)c1noc(=O)[nH]1. The van der Waals surface area contributed by atoms with Crippen LogP contribution in [0.2, 0.25) is 0 Å². The van der Waals surface area contributed by atoms with E-state index in [9.17, 15) is 4.79 Å². The first-order valence-corrected chi connectivity index (χ1v) is 4.69. The monoisotopic (exact) mass is 199 g/mol. The second-order valence-electron chi connectivity index (χ2n) is 3.47. The van der Waals surface area contributed by atoms with E-state index in [0.29, 0.717) is 18.5 Å². The molecule has 0 aromatic carbocycles. The summed E-state index contributed by atoms with van der Waals surface area (Å²) < 4.78 is 9.81. The van der Waals surface area contributed by atoms with E-state index in [0.717, 1.165) is 12.8 Å². The fraction of sp³-hybridized carbons (Fsp3) is 0.750. The van der Waals surface area contributed by atoms with Crippen LogP contribution in [-0.2, 0) is 4.74 Å². The number of nitrogens with zero attached hydrogens (tertiary/aromatic N) is 1. The average molecular weight is 199 g/mol. The van der Waals surface area contributed by atoms with E-state index in [1.165, 1.54) is 6.42 Å². The molecule has 14 heavy (non-hydrogen) atoms. The van der Waals surface area contributed by atoms with Crippen molar-refractivity contribution in [2.24, 2.45) is 5.73 Å². The predicted octanol–water partition coefficient (Wildman–Crippen LogP) is -0.0682. The third-order valence-corrected chi connectivity index (χ3v) is 2.37. The maximum absolute atomic E-state index is 10.6. The lowest BCUT2D eigenvalue weighted by atomic mass is 9.96. The van der Waals surface area contributed by atoms with Gasteiger partial charge in [0.2, 0.25) is 0 Å². The molecule has 3 N–H and O–H groups in total. The molecule has 2 rings (SSSR count). The van der Waals surface area contributed by atoms with Gasteiger partial charge in [-0.3, -0.25) is 9.51 Å². The number of rotatable bonds is 4. The van der Waals surface area contributed by atoms with Gasteiger partial charge >= 0.3 is 5.76 Å². The molecular weight excluding hydrogens is 186 g/mol. The molecule has 1 heterocycles. The summed E-state index contributed by atoms with van der Waals surface area (Å²) in [6, 6.07) is -0.415. The quantitative estimate of drug-likeness (QED) is 0.708. The van der Waals surface area contributed by atoms with Crippen LogP contribution in [0, 0.1) is 0 Å². The summed E-state index contributed by atoms with van der Waals surface area (Å²) in [6.45, 7) is 0.368. The molecule has 0 saturated heterocycles. The summed E-state index contributed by atoms with van der Waals surface area (Å²) in [5.41, 5.74) is 5.72. The van der Waals surface area contributed by atoms with Gasteiger partial charge in [-0.25, -0.2) is 4.79 Å². The van der Waals surface area contributed by atoms with Gasteiger partial charge in [0.15, 0.2) is 5.82 Å². The van der Waals surface area contributed by atoms with Gasteiger partial charge in [-0.2, -0.15) is 0 Å². The van der Waals surface area contributed by atoms with Crippen molar-refractivity contribution in [3.05, 3.63) is 16.4 Å². The van der Waals surface area contributed by atoms with Gasteiger partial charge in [0.05, 0.1) is 18.8 Å². The highest BCUT2D eigenvalue weighted by Crippen LogP contribution is 2.22. The zero-order chi connectivity index (χ0) is 9.97. The second kappa shape index (κ2) is 3.93. The summed E-state index contributed by atoms with van der Waals surface area (Å²) in [6.07, 6.45) is 3.75. The lowest BCUT2D eigenvalue weighted by molar-refractivity contribution is -0.00549. The normalized spacial score (nSPS) is 19.2. The van der Waals surface area contributed by atoms with E-state index >= 15 is 0 Å². The number of nitrogens with one attached hydrogen (secondary N) is 1. The van der Waals surface area contributed by atoms with Crippen LogP contribution in [0.3, 0.4) is 0 Å². The Kier molecular flexibility index (Phi) is 2.64. The van der Waals surface area contributed by atoms with E-state index in [1.54, 1.807) is 0 Å². The van der Waals surface area contributed by atoms with Gasteiger partial charge in [-0.15, -0.1) is 0 Å². The minimum Gasteiger partial charge on any atom is -0.376 e. The number of H-pyrrole nitrogens is 1. The Labute approximate surface area is 80.4 Å². The first-order chi connectivity index (χ1) is 6.75. The summed E-state index contributed by atoms with van der Waals surface area (Å²) in [7, 11) is 0. The molecular formula is C8H13N3O3. The fourth-order valence-corrected chi connectivity index (χ4v) is 1.26. The van der Waals surface area contributed by atoms with E-state index < -0.39 is 11.8 Å². The molecule has 1 saturated carbocycles. The van der Waals surface area contributed by atoms with Crippen molar-refractivity contribution < 1.29 is 9.26 Å². The van der Waals surface area contributed by atoms with Gasteiger partial charge in [0.1, 0.15) is 0 Å². The summed E-state index contributed by atoms with van der Waals surface area (Å²) >= 11 is 0. The number of nitrogens with two attached hydrogens (primary N) is 1. The zero-order valence-corrected chi connectivity index (χ0v) is 7.73. The lowest BCUT2D eigenvalue weighted by Gasteiger charge is -2.26. The largest absolute Gasteiger partial charge is 0.438 e. The van der Waals surface area contributed by atoms with Crippen LogP contribution in [-0.4, -0.2) is 22.9 Å². The first kappa shape index (κ1) is 9.42. The molecule has 1 aromatic rings. The van der Waals surface area contributed by atoms with Crippen molar-refractivity contribution in [2.45, 2.75) is 31.4 Å². The highest BCUT2D eigenvalue weighted by molar-refractivity contribution is 4.88. The van der Waals surface area contributed by atoms with Crippen LogP contribution >= 0.6 is 0 Å². The Morgan fingerprint density at radius 1 is 1.71 bits per heavy atom. The molecule has 0 radical (unpaired) electrons. The molecule has 1 aliphatic carbocycles. The van der Waals surface area contributed by atoms with Crippen molar-refractivity contribution in [3.8, 4) is 0 Å². The highest BCUT2D eigenvalue weighted by Gasteiger charge is 2.20. The number of hydrogen-bond acceptors (Lipinski definition) is 5. The minimum absolute atomic E-state index is 0.333. The molecule has 1 fully saturated rings. The maximum atomic E-state index is 10.6. The summed E-state index contributed by atoms with van der Waals surface area (Å²) in [5.74, 6) is -0.242. The van der Waals surface area contributed by atoms with Gasteiger partial charge in [-0.05, 0) is 19.3 Å². The molecule has 0 aliphatic heterocycles. The molecule has 1 unspecified atom stereocenters. The number of aromatic nitrogens is 2. The topological polar surface area (TPSA) is 94.1 Å². The van der Waals surface area contributed by atoms with E-state index in [-0.39, 0.29) is 0 Å².